The summed E-state index contributed by atoms with van der Waals surface area (Å²) in [6.07, 6.45) is 1.64. The van der Waals surface area contributed by atoms with E-state index in [4.69, 9.17) is 0 Å². The molecule has 24 heavy (non-hydrogen) atoms. The van der Waals surface area contributed by atoms with Crippen LogP contribution in [0, 0.1) is 18.6 Å². The number of benzene rings is 1. The van der Waals surface area contributed by atoms with Crippen molar-refractivity contribution in [2.45, 2.75) is 25.8 Å². The molecule has 1 amide bonds. The Labute approximate surface area is 139 Å². The van der Waals surface area contributed by atoms with Gasteiger partial charge >= 0.3 is 0 Å². The van der Waals surface area contributed by atoms with Crippen LogP contribution in [-0.2, 0) is 0 Å². The number of anilines is 1. The lowest BCUT2D eigenvalue weighted by Gasteiger charge is -2.34. The number of aryl methyl sites for hydroxylation is 1. The molecule has 2 aromatic rings. The molecule has 6 heteroatoms. The standard InChI is InChI=1S/C18H19F2N3O/c1-12-5-2-9-16(21-12)23-10-4-6-13(11-23)22-18(24)17-14(19)7-3-8-15(17)20/h2-3,5,7-9,13H,4,6,10-11H2,1H3,(H,22,24)/t13-/m1/s1. The molecule has 1 aromatic heterocycles. The quantitative estimate of drug-likeness (QED) is 0.940. The van der Waals surface area contributed by atoms with Crippen LogP contribution < -0.4 is 10.2 Å². The number of hydrogen-bond acceptors (Lipinski definition) is 3. The summed E-state index contributed by atoms with van der Waals surface area (Å²) in [7, 11) is 0. The predicted octanol–water partition coefficient (Wildman–Crippen LogP) is 3.07. The Bertz CT molecular complexity index is 731. The molecular formula is C18H19F2N3O. The van der Waals surface area contributed by atoms with E-state index >= 15 is 0 Å². The molecule has 1 fully saturated rings. The number of hydrogen-bond donors (Lipinski definition) is 1. The molecule has 0 bridgehead atoms. The number of halogens is 2. The first-order valence-electron chi connectivity index (χ1n) is 7.98. The summed E-state index contributed by atoms with van der Waals surface area (Å²) >= 11 is 0. The summed E-state index contributed by atoms with van der Waals surface area (Å²) in [5.41, 5.74) is 0.399. The van der Waals surface area contributed by atoms with Gasteiger partial charge in [0.2, 0.25) is 0 Å². The van der Waals surface area contributed by atoms with Gasteiger partial charge in [-0.2, -0.15) is 0 Å². The van der Waals surface area contributed by atoms with E-state index in [1.165, 1.54) is 6.07 Å². The number of piperidine rings is 1. The molecule has 0 aliphatic carbocycles. The lowest BCUT2D eigenvalue weighted by Crippen LogP contribution is -2.48. The minimum Gasteiger partial charge on any atom is -0.355 e. The Kier molecular flexibility index (Phi) is 4.74. The van der Waals surface area contributed by atoms with Gasteiger partial charge in [-0.05, 0) is 44.0 Å². The van der Waals surface area contributed by atoms with Crippen molar-refractivity contribution in [1.29, 1.82) is 0 Å². The summed E-state index contributed by atoms with van der Waals surface area (Å²) in [5.74, 6) is -1.55. The Balaban J connectivity index is 1.70. The first kappa shape index (κ1) is 16.4. The number of carbonyl (C=O) groups is 1. The zero-order chi connectivity index (χ0) is 17.1. The molecule has 0 unspecified atom stereocenters. The third kappa shape index (κ3) is 3.53. The van der Waals surface area contributed by atoms with Gasteiger partial charge in [0, 0.05) is 24.8 Å². The highest BCUT2D eigenvalue weighted by molar-refractivity contribution is 5.95. The third-order valence-corrected chi connectivity index (χ3v) is 4.14. The van der Waals surface area contributed by atoms with E-state index < -0.39 is 23.1 Å². The van der Waals surface area contributed by atoms with E-state index in [2.05, 4.69) is 15.2 Å². The Morgan fingerprint density at radius 1 is 1.21 bits per heavy atom. The molecule has 1 aliphatic rings. The molecule has 126 valence electrons. The minimum absolute atomic E-state index is 0.174. The van der Waals surface area contributed by atoms with Crippen LogP contribution in [0.1, 0.15) is 28.9 Å². The van der Waals surface area contributed by atoms with E-state index in [0.29, 0.717) is 6.54 Å². The molecule has 1 aliphatic heterocycles. The molecule has 2 heterocycles. The second-order valence-electron chi connectivity index (χ2n) is 5.99. The molecule has 0 saturated carbocycles. The van der Waals surface area contributed by atoms with Crippen molar-refractivity contribution >= 4 is 11.7 Å². The first-order valence-corrected chi connectivity index (χ1v) is 7.98. The first-order chi connectivity index (χ1) is 11.5. The minimum atomic E-state index is -0.847. The molecule has 0 spiro atoms. The van der Waals surface area contributed by atoms with Gasteiger partial charge in [0.15, 0.2) is 0 Å². The van der Waals surface area contributed by atoms with Crippen molar-refractivity contribution in [2.24, 2.45) is 0 Å². The average molecular weight is 331 g/mol. The number of pyridine rings is 1. The van der Waals surface area contributed by atoms with Crippen molar-refractivity contribution in [3.05, 3.63) is 59.3 Å². The van der Waals surface area contributed by atoms with Gasteiger partial charge in [0.25, 0.3) is 5.91 Å². The number of carbonyl (C=O) groups excluding carboxylic acids is 1. The number of rotatable bonds is 3. The lowest BCUT2D eigenvalue weighted by atomic mass is 10.0. The van der Waals surface area contributed by atoms with Crippen molar-refractivity contribution < 1.29 is 13.6 Å². The average Bonchev–Trinajstić information content (AvgIpc) is 2.55. The molecule has 1 N–H and O–H groups in total. The smallest absolute Gasteiger partial charge is 0.257 e. The molecule has 1 aromatic carbocycles. The molecule has 1 atom stereocenters. The highest BCUT2D eigenvalue weighted by Gasteiger charge is 2.25. The van der Waals surface area contributed by atoms with Crippen molar-refractivity contribution in [2.75, 3.05) is 18.0 Å². The predicted molar refractivity (Wildman–Crippen MR) is 88.0 cm³/mol. The fraction of sp³-hybridized carbons (Fsp3) is 0.333. The van der Waals surface area contributed by atoms with Gasteiger partial charge in [0.05, 0.1) is 0 Å². The molecule has 4 nitrogen and oxygen atoms in total. The Morgan fingerprint density at radius 3 is 2.62 bits per heavy atom. The maximum atomic E-state index is 13.7. The van der Waals surface area contributed by atoms with E-state index in [-0.39, 0.29) is 6.04 Å². The highest BCUT2D eigenvalue weighted by atomic mass is 19.1. The second kappa shape index (κ2) is 6.95. The van der Waals surface area contributed by atoms with Gasteiger partial charge in [-0.15, -0.1) is 0 Å². The van der Waals surface area contributed by atoms with Crippen LogP contribution >= 0.6 is 0 Å². The van der Waals surface area contributed by atoms with E-state index in [0.717, 1.165) is 43.0 Å². The normalized spacial score (nSPS) is 17.6. The monoisotopic (exact) mass is 331 g/mol. The summed E-state index contributed by atoms with van der Waals surface area (Å²) in [5, 5.41) is 2.74. The Morgan fingerprint density at radius 2 is 1.92 bits per heavy atom. The van der Waals surface area contributed by atoms with E-state index in [9.17, 15) is 13.6 Å². The summed E-state index contributed by atoms with van der Waals surface area (Å²) < 4.78 is 27.4. The number of aromatic nitrogens is 1. The maximum absolute atomic E-state index is 13.7. The maximum Gasteiger partial charge on any atom is 0.257 e. The van der Waals surface area contributed by atoms with Crippen LogP contribution in [0.25, 0.3) is 0 Å². The summed E-state index contributed by atoms with van der Waals surface area (Å²) in [4.78, 5) is 18.8. The van der Waals surface area contributed by atoms with Gasteiger partial charge in [-0.3, -0.25) is 4.79 Å². The fourth-order valence-corrected chi connectivity index (χ4v) is 2.98. The van der Waals surface area contributed by atoms with Crippen molar-refractivity contribution in [3.63, 3.8) is 0 Å². The van der Waals surface area contributed by atoms with Crippen molar-refractivity contribution in [1.82, 2.24) is 10.3 Å². The zero-order valence-corrected chi connectivity index (χ0v) is 13.4. The van der Waals surface area contributed by atoms with E-state index in [1.807, 2.05) is 25.1 Å². The molecule has 0 radical (unpaired) electrons. The number of nitrogens with zero attached hydrogens (tertiary/aromatic N) is 2. The van der Waals surface area contributed by atoms with Gasteiger partial charge < -0.3 is 10.2 Å². The van der Waals surface area contributed by atoms with E-state index in [1.54, 1.807) is 0 Å². The Hall–Kier alpha value is -2.50. The topological polar surface area (TPSA) is 45.2 Å². The highest BCUT2D eigenvalue weighted by Crippen LogP contribution is 2.19. The fourth-order valence-electron chi connectivity index (χ4n) is 2.98. The van der Waals surface area contributed by atoms with Gasteiger partial charge in [-0.25, -0.2) is 13.8 Å². The molecular weight excluding hydrogens is 312 g/mol. The summed E-state index contributed by atoms with van der Waals surface area (Å²) in [6.45, 7) is 3.34. The van der Waals surface area contributed by atoms with Crippen LogP contribution in [0.2, 0.25) is 0 Å². The lowest BCUT2D eigenvalue weighted by molar-refractivity contribution is 0.0924. The van der Waals surface area contributed by atoms with Crippen LogP contribution in [0.15, 0.2) is 36.4 Å². The van der Waals surface area contributed by atoms with Crippen LogP contribution in [0.4, 0.5) is 14.6 Å². The van der Waals surface area contributed by atoms with Crippen molar-refractivity contribution in [3.8, 4) is 0 Å². The van der Waals surface area contributed by atoms with Gasteiger partial charge in [-0.1, -0.05) is 12.1 Å². The number of amides is 1. The zero-order valence-electron chi connectivity index (χ0n) is 13.4. The SMILES string of the molecule is Cc1cccc(N2CCC[C@@H](NC(=O)c3c(F)cccc3F)C2)n1. The molecule has 3 rings (SSSR count). The van der Waals surface area contributed by atoms with Crippen LogP contribution in [0.3, 0.4) is 0 Å². The third-order valence-electron chi connectivity index (χ3n) is 4.14. The van der Waals surface area contributed by atoms with Crippen LogP contribution in [-0.4, -0.2) is 30.0 Å². The second-order valence-corrected chi connectivity index (χ2v) is 5.99. The van der Waals surface area contributed by atoms with Crippen LogP contribution in [0.5, 0.6) is 0 Å². The molecule has 1 saturated heterocycles. The van der Waals surface area contributed by atoms with Gasteiger partial charge in [0.1, 0.15) is 23.0 Å². The summed E-state index contributed by atoms with van der Waals surface area (Å²) in [6, 6.07) is 9.03. The largest absolute Gasteiger partial charge is 0.355 e. The number of nitrogens with one attached hydrogen (secondary N) is 1.